The normalized spacial score (nSPS) is 34.7. The molecule has 1 N–H and O–H groups in total. The molecular formula is C16H16FNO2. The Labute approximate surface area is 116 Å². The smallest absolute Gasteiger partial charge is 0.262 e. The maximum absolute atomic E-state index is 14.0. The fraction of sp³-hybridized carbons (Fsp3) is 0.438. The molecular weight excluding hydrogens is 257 g/mol. The Balaban J connectivity index is 1.94. The van der Waals surface area contributed by atoms with Crippen LogP contribution in [0.5, 0.6) is 0 Å². The molecule has 0 radical (unpaired) electrons. The van der Waals surface area contributed by atoms with E-state index in [0.29, 0.717) is 5.56 Å². The number of benzene rings is 1. The first-order valence-electron chi connectivity index (χ1n) is 7.10. The average molecular weight is 273 g/mol. The molecule has 1 saturated heterocycles. The second-order valence-corrected chi connectivity index (χ2v) is 5.89. The van der Waals surface area contributed by atoms with Crippen LogP contribution >= 0.6 is 0 Å². The van der Waals surface area contributed by atoms with E-state index in [9.17, 15) is 9.18 Å². The van der Waals surface area contributed by atoms with Gasteiger partial charge >= 0.3 is 0 Å². The number of amides is 1. The van der Waals surface area contributed by atoms with Gasteiger partial charge in [0.05, 0.1) is 11.8 Å². The van der Waals surface area contributed by atoms with Gasteiger partial charge in [-0.15, -0.1) is 0 Å². The molecule has 0 saturated carbocycles. The first kappa shape index (κ1) is 12.1. The van der Waals surface area contributed by atoms with Gasteiger partial charge in [0.1, 0.15) is 5.82 Å². The van der Waals surface area contributed by atoms with E-state index < -0.39 is 11.4 Å². The van der Waals surface area contributed by atoms with E-state index >= 15 is 0 Å². The molecule has 2 heterocycles. The second kappa shape index (κ2) is 3.92. The Morgan fingerprint density at radius 1 is 1.45 bits per heavy atom. The Morgan fingerprint density at radius 2 is 2.30 bits per heavy atom. The van der Waals surface area contributed by atoms with Crippen LogP contribution in [0.1, 0.15) is 31.7 Å². The third-order valence-electron chi connectivity index (χ3n) is 4.70. The lowest BCUT2D eigenvalue weighted by Gasteiger charge is -2.42. The highest BCUT2D eigenvalue weighted by atomic mass is 19.1. The van der Waals surface area contributed by atoms with E-state index in [2.05, 4.69) is 11.4 Å². The standard InChI is InChI=1S/C16H16FNO2/c1-9-8-10-4-2-5-11(10)16(20-9)12-6-3-7-13(17)14(12)18-15(16)19/h3-4,6-7,9,11H,2,5,8H2,1H3,(H,18,19)/t9-,11-,16-/m1/s1. The quantitative estimate of drug-likeness (QED) is 0.738. The summed E-state index contributed by atoms with van der Waals surface area (Å²) in [6, 6.07) is 4.83. The van der Waals surface area contributed by atoms with Gasteiger partial charge in [-0.1, -0.05) is 23.8 Å². The lowest BCUT2D eigenvalue weighted by atomic mass is 9.74. The fourth-order valence-electron chi connectivity index (χ4n) is 3.98. The summed E-state index contributed by atoms with van der Waals surface area (Å²) in [5.41, 5.74) is 1.21. The molecule has 1 aromatic rings. The van der Waals surface area contributed by atoms with Gasteiger partial charge in [-0.3, -0.25) is 4.79 Å². The highest BCUT2D eigenvalue weighted by Gasteiger charge is 2.58. The molecule has 0 unspecified atom stereocenters. The molecule has 20 heavy (non-hydrogen) atoms. The predicted octanol–water partition coefficient (Wildman–Crippen LogP) is 3.12. The molecule has 3 aliphatic rings. The molecule has 3 atom stereocenters. The zero-order chi connectivity index (χ0) is 13.9. The van der Waals surface area contributed by atoms with Crippen molar-refractivity contribution in [3.8, 4) is 0 Å². The minimum Gasteiger partial charge on any atom is -0.356 e. The number of carbonyl (C=O) groups excluding carboxylic acids is 1. The van der Waals surface area contributed by atoms with Gasteiger partial charge in [-0.25, -0.2) is 4.39 Å². The number of hydrogen-bond donors (Lipinski definition) is 1. The Morgan fingerprint density at radius 3 is 3.15 bits per heavy atom. The first-order valence-corrected chi connectivity index (χ1v) is 7.10. The summed E-state index contributed by atoms with van der Waals surface area (Å²) >= 11 is 0. The maximum atomic E-state index is 14.0. The zero-order valence-electron chi connectivity index (χ0n) is 11.3. The first-order chi connectivity index (χ1) is 9.63. The summed E-state index contributed by atoms with van der Waals surface area (Å²) < 4.78 is 20.1. The highest BCUT2D eigenvalue weighted by Crippen LogP contribution is 2.54. The van der Waals surface area contributed by atoms with Crippen LogP contribution in [0, 0.1) is 11.7 Å². The van der Waals surface area contributed by atoms with Crippen LogP contribution in [0.2, 0.25) is 0 Å². The van der Waals surface area contributed by atoms with Crippen molar-refractivity contribution in [2.75, 3.05) is 5.32 Å². The lowest BCUT2D eigenvalue weighted by Crippen LogP contribution is -2.49. The zero-order valence-corrected chi connectivity index (χ0v) is 11.3. The topological polar surface area (TPSA) is 38.3 Å². The van der Waals surface area contributed by atoms with Crippen molar-refractivity contribution < 1.29 is 13.9 Å². The number of ether oxygens (including phenoxy) is 1. The van der Waals surface area contributed by atoms with E-state index in [1.54, 1.807) is 6.07 Å². The Kier molecular flexibility index (Phi) is 2.37. The number of para-hydroxylation sites is 1. The van der Waals surface area contributed by atoms with Crippen molar-refractivity contribution >= 4 is 11.6 Å². The summed E-state index contributed by atoms with van der Waals surface area (Å²) in [5, 5.41) is 2.69. The summed E-state index contributed by atoms with van der Waals surface area (Å²) in [6.45, 7) is 1.97. The number of hydrogen-bond acceptors (Lipinski definition) is 2. The van der Waals surface area contributed by atoms with Crippen LogP contribution in [0.15, 0.2) is 29.8 Å². The number of halogens is 1. The van der Waals surface area contributed by atoms with Crippen molar-refractivity contribution in [2.45, 2.75) is 37.9 Å². The van der Waals surface area contributed by atoms with Gasteiger partial charge in [0.2, 0.25) is 0 Å². The Hall–Kier alpha value is -1.68. The third kappa shape index (κ3) is 1.35. The molecule has 104 valence electrons. The van der Waals surface area contributed by atoms with Crippen LogP contribution in [-0.2, 0) is 15.1 Å². The minimum atomic E-state index is -1.03. The summed E-state index contributed by atoms with van der Waals surface area (Å²) in [6.07, 6.45) is 4.91. The van der Waals surface area contributed by atoms with E-state index in [4.69, 9.17) is 4.74 Å². The second-order valence-electron chi connectivity index (χ2n) is 5.89. The van der Waals surface area contributed by atoms with Crippen LogP contribution in [0.4, 0.5) is 10.1 Å². The van der Waals surface area contributed by atoms with E-state index in [1.807, 2.05) is 13.0 Å². The van der Waals surface area contributed by atoms with Crippen molar-refractivity contribution in [1.82, 2.24) is 0 Å². The third-order valence-corrected chi connectivity index (χ3v) is 4.70. The van der Waals surface area contributed by atoms with Crippen LogP contribution < -0.4 is 5.32 Å². The van der Waals surface area contributed by atoms with E-state index in [-0.39, 0.29) is 23.6 Å². The highest BCUT2D eigenvalue weighted by molar-refractivity contribution is 6.06. The molecule has 1 fully saturated rings. The Bertz CT molecular complexity index is 639. The largest absolute Gasteiger partial charge is 0.356 e. The molecule has 4 rings (SSSR count). The number of nitrogens with one attached hydrogen (secondary N) is 1. The van der Waals surface area contributed by atoms with E-state index in [0.717, 1.165) is 19.3 Å². The molecule has 1 amide bonds. The van der Waals surface area contributed by atoms with Crippen molar-refractivity contribution in [3.63, 3.8) is 0 Å². The molecule has 2 aliphatic heterocycles. The molecule has 0 aromatic heterocycles. The van der Waals surface area contributed by atoms with Crippen molar-refractivity contribution in [3.05, 3.63) is 41.2 Å². The van der Waals surface area contributed by atoms with Crippen molar-refractivity contribution in [2.24, 2.45) is 5.92 Å². The molecule has 3 nitrogen and oxygen atoms in total. The lowest BCUT2D eigenvalue weighted by molar-refractivity contribution is -0.165. The van der Waals surface area contributed by atoms with Crippen molar-refractivity contribution in [1.29, 1.82) is 0 Å². The molecule has 4 heteroatoms. The molecule has 1 aromatic carbocycles. The summed E-state index contributed by atoms with van der Waals surface area (Å²) in [5.74, 6) is -0.568. The van der Waals surface area contributed by atoms with Gasteiger partial charge < -0.3 is 10.1 Å². The molecule has 0 bridgehead atoms. The van der Waals surface area contributed by atoms with Gasteiger partial charge in [0.25, 0.3) is 5.91 Å². The SMILES string of the molecule is C[C@@H]1CC2=CCC[C@H]2[C@]2(O1)C(=O)Nc1c(F)cccc12. The summed E-state index contributed by atoms with van der Waals surface area (Å²) in [7, 11) is 0. The van der Waals surface area contributed by atoms with Crippen LogP contribution in [0.25, 0.3) is 0 Å². The summed E-state index contributed by atoms with van der Waals surface area (Å²) in [4.78, 5) is 12.6. The average Bonchev–Trinajstić information content (AvgIpc) is 2.97. The minimum absolute atomic E-state index is 0.0319. The number of anilines is 1. The molecule has 1 spiro atoms. The van der Waals surface area contributed by atoms with Gasteiger partial charge in [0, 0.05) is 11.5 Å². The number of allylic oxidation sites excluding steroid dienone is 1. The van der Waals surface area contributed by atoms with Crippen LogP contribution in [-0.4, -0.2) is 12.0 Å². The maximum Gasteiger partial charge on any atom is 0.262 e. The van der Waals surface area contributed by atoms with Gasteiger partial charge in [-0.05, 0) is 32.3 Å². The van der Waals surface area contributed by atoms with Gasteiger partial charge in [-0.2, -0.15) is 0 Å². The monoisotopic (exact) mass is 273 g/mol. The number of fused-ring (bicyclic) bond motifs is 4. The van der Waals surface area contributed by atoms with E-state index in [1.165, 1.54) is 11.6 Å². The predicted molar refractivity (Wildman–Crippen MR) is 72.7 cm³/mol. The van der Waals surface area contributed by atoms with Crippen LogP contribution in [0.3, 0.4) is 0 Å². The number of carbonyl (C=O) groups is 1. The number of rotatable bonds is 0. The van der Waals surface area contributed by atoms with Gasteiger partial charge in [0.15, 0.2) is 5.60 Å². The molecule has 1 aliphatic carbocycles. The fourth-order valence-corrected chi connectivity index (χ4v) is 3.98.